The van der Waals surface area contributed by atoms with Crippen LogP contribution in [-0.2, 0) is 0 Å². The van der Waals surface area contributed by atoms with Crippen molar-refractivity contribution < 1.29 is 4.79 Å². The van der Waals surface area contributed by atoms with Gasteiger partial charge in [0.15, 0.2) is 0 Å². The van der Waals surface area contributed by atoms with Gasteiger partial charge in [-0.3, -0.25) is 4.79 Å². The molecule has 0 unspecified atom stereocenters. The van der Waals surface area contributed by atoms with E-state index in [2.05, 4.69) is 32.3 Å². The third-order valence-electron chi connectivity index (χ3n) is 5.30. The summed E-state index contributed by atoms with van der Waals surface area (Å²) in [6.07, 6.45) is 3.21. The molecule has 4 rings (SSSR count). The molecule has 0 radical (unpaired) electrons. The number of aryl methyl sites for hydroxylation is 2. The van der Waals surface area contributed by atoms with Gasteiger partial charge in [-0.1, -0.05) is 36.4 Å². The van der Waals surface area contributed by atoms with E-state index in [0.717, 1.165) is 29.9 Å². The van der Waals surface area contributed by atoms with Crippen LogP contribution in [0.25, 0.3) is 0 Å². The van der Waals surface area contributed by atoms with Crippen LogP contribution in [0.5, 0.6) is 0 Å². The van der Waals surface area contributed by atoms with Crippen molar-refractivity contribution in [3.8, 4) is 0 Å². The molecular weight excluding hydrogens is 362 g/mol. The maximum Gasteiger partial charge on any atom is 0.257 e. The number of amides is 1. The molecule has 1 aliphatic heterocycles. The van der Waals surface area contributed by atoms with E-state index < -0.39 is 0 Å². The molecule has 2 aromatic carbocycles. The van der Waals surface area contributed by atoms with E-state index in [4.69, 9.17) is 0 Å². The standard InChI is InChI=1S/C23H25N5O/c1-17-7-6-8-18(2)21(17)26-23-24-15-19(16-25-23)22(29)28-13-11-27(12-14-28)20-9-4-3-5-10-20/h3-10,15-16H,11-14H2,1-2H3,(H,24,25,26). The fourth-order valence-electron chi connectivity index (χ4n) is 3.62. The summed E-state index contributed by atoms with van der Waals surface area (Å²) in [5.74, 6) is 0.476. The maximum absolute atomic E-state index is 12.8. The van der Waals surface area contributed by atoms with Gasteiger partial charge >= 0.3 is 0 Å². The summed E-state index contributed by atoms with van der Waals surface area (Å²) in [5, 5.41) is 3.26. The van der Waals surface area contributed by atoms with E-state index >= 15 is 0 Å². The Morgan fingerprint density at radius 3 is 2.10 bits per heavy atom. The summed E-state index contributed by atoms with van der Waals surface area (Å²) < 4.78 is 0. The third-order valence-corrected chi connectivity index (χ3v) is 5.30. The number of carbonyl (C=O) groups excluding carboxylic acids is 1. The lowest BCUT2D eigenvalue weighted by molar-refractivity contribution is 0.0746. The number of benzene rings is 2. The number of nitrogens with zero attached hydrogens (tertiary/aromatic N) is 4. The molecule has 6 heteroatoms. The molecule has 0 saturated carbocycles. The molecule has 29 heavy (non-hydrogen) atoms. The van der Waals surface area contributed by atoms with Gasteiger partial charge < -0.3 is 15.1 Å². The van der Waals surface area contributed by atoms with Gasteiger partial charge in [-0.25, -0.2) is 9.97 Å². The Hall–Kier alpha value is -3.41. The minimum Gasteiger partial charge on any atom is -0.368 e. The maximum atomic E-state index is 12.8. The predicted molar refractivity (Wildman–Crippen MR) is 116 cm³/mol. The van der Waals surface area contributed by atoms with Crippen LogP contribution in [0, 0.1) is 13.8 Å². The predicted octanol–water partition coefficient (Wildman–Crippen LogP) is 3.80. The van der Waals surface area contributed by atoms with Crippen molar-refractivity contribution in [2.24, 2.45) is 0 Å². The lowest BCUT2D eigenvalue weighted by Crippen LogP contribution is -2.48. The van der Waals surface area contributed by atoms with Crippen molar-refractivity contribution in [2.45, 2.75) is 13.8 Å². The Bertz CT molecular complexity index is 960. The van der Waals surface area contributed by atoms with Crippen LogP contribution in [-0.4, -0.2) is 47.0 Å². The largest absolute Gasteiger partial charge is 0.368 e. The molecule has 148 valence electrons. The van der Waals surface area contributed by atoms with Crippen LogP contribution in [0.15, 0.2) is 60.9 Å². The minimum atomic E-state index is -0.0173. The Kier molecular flexibility index (Phi) is 5.42. The number of para-hydroxylation sites is 2. The molecular formula is C23H25N5O. The van der Waals surface area contributed by atoms with Crippen LogP contribution in [0.4, 0.5) is 17.3 Å². The van der Waals surface area contributed by atoms with Gasteiger partial charge in [0.25, 0.3) is 5.91 Å². The molecule has 1 saturated heterocycles. The zero-order chi connectivity index (χ0) is 20.2. The Labute approximate surface area is 171 Å². The monoisotopic (exact) mass is 387 g/mol. The highest BCUT2D eigenvalue weighted by molar-refractivity contribution is 5.94. The third kappa shape index (κ3) is 4.21. The van der Waals surface area contributed by atoms with Gasteiger partial charge in [0.05, 0.1) is 5.56 Å². The number of piperazine rings is 1. The Morgan fingerprint density at radius 2 is 1.48 bits per heavy atom. The first-order chi connectivity index (χ1) is 14.1. The molecule has 0 spiro atoms. The number of aromatic nitrogens is 2. The summed E-state index contributed by atoms with van der Waals surface area (Å²) >= 11 is 0. The smallest absolute Gasteiger partial charge is 0.257 e. The molecule has 0 atom stereocenters. The molecule has 1 amide bonds. The zero-order valence-electron chi connectivity index (χ0n) is 16.8. The Balaban J connectivity index is 1.39. The van der Waals surface area contributed by atoms with Crippen LogP contribution >= 0.6 is 0 Å². The molecule has 1 aromatic heterocycles. The molecule has 0 bridgehead atoms. The molecule has 0 aliphatic carbocycles. The fraction of sp³-hybridized carbons (Fsp3) is 0.261. The van der Waals surface area contributed by atoms with Gasteiger partial charge in [-0.15, -0.1) is 0 Å². The summed E-state index contributed by atoms with van der Waals surface area (Å²) in [6, 6.07) is 16.4. The van der Waals surface area contributed by atoms with E-state index in [-0.39, 0.29) is 5.91 Å². The van der Waals surface area contributed by atoms with Crippen LogP contribution < -0.4 is 10.2 Å². The zero-order valence-corrected chi connectivity index (χ0v) is 16.8. The van der Waals surface area contributed by atoms with Gasteiger partial charge in [0.1, 0.15) is 0 Å². The number of hydrogen-bond donors (Lipinski definition) is 1. The van der Waals surface area contributed by atoms with Crippen molar-refractivity contribution in [1.82, 2.24) is 14.9 Å². The van der Waals surface area contributed by atoms with Crippen molar-refractivity contribution in [1.29, 1.82) is 0 Å². The van der Waals surface area contributed by atoms with E-state index in [1.54, 1.807) is 12.4 Å². The van der Waals surface area contributed by atoms with Gasteiger partial charge in [-0.05, 0) is 37.1 Å². The second-order valence-electron chi connectivity index (χ2n) is 7.30. The minimum absolute atomic E-state index is 0.0173. The highest BCUT2D eigenvalue weighted by Gasteiger charge is 2.22. The van der Waals surface area contributed by atoms with Crippen molar-refractivity contribution >= 4 is 23.2 Å². The van der Waals surface area contributed by atoms with Crippen LogP contribution in [0.1, 0.15) is 21.5 Å². The Morgan fingerprint density at radius 1 is 0.862 bits per heavy atom. The van der Waals surface area contributed by atoms with Crippen LogP contribution in [0.3, 0.4) is 0 Å². The summed E-state index contributed by atoms with van der Waals surface area (Å²) in [7, 11) is 0. The SMILES string of the molecule is Cc1cccc(C)c1Nc1ncc(C(=O)N2CCN(c3ccccc3)CC2)cn1. The van der Waals surface area contributed by atoms with Crippen LogP contribution in [0.2, 0.25) is 0 Å². The lowest BCUT2D eigenvalue weighted by Gasteiger charge is -2.36. The van der Waals surface area contributed by atoms with Crippen molar-refractivity contribution in [3.05, 3.63) is 77.6 Å². The van der Waals surface area contributed by atoms with Crippen molar-refractivity contribution in [3.63, 3.8) is 0 Å². The highest BCUT2D eigenvalue weighted by atomic mass is 16.2. The average molecular weight is 387 g/mol. The van der Waals surface area contributed by atoms with Gasteiger partial charge in [0, 0.05) is 49.9 Å². The highest BCUT2D eigenvalue weighted by Crippen LogP contribution is 2.22. The molecule has 1 aliphatic rings. The normalized spacial score (nSPS) is 14.0. The first kappa shape index (κ1) is 18.9. The quantitative estimate of drug-likeness (QED) is 0.738. The average Bonchev–Trinajstić information content (AvgIpc) is 2.77. The molecule has 6 nitrogen and oxygen atoms in total. The van der Waals surface area contributed by atoms with E-state index in [1.165, 1.54) is 5.69 Å². The number of carbonyl (C=O) groups is 1. The van der Waals surface area contributed by atoms with E-state index in [1.807, 2.05) is 55.1 Å². The number of anilines is 3. The molecule has 1 N–H and O–H groups in total. The second-order valence-corrected chi connectivity index (χ2v) is 7.30. The molecule has 1 fully saturated rings. The first-order valence-corrected chi connectivity index (χ1v) is 9.86. The summed E-state index contributed by atoms with van der Waals surface area (Å²) in [6.45, 7) is 7.11. The van der Waals surface area contributed by atoms with Gasteiger partial charge in [0.2, 0.25) is 5.95 Å². The summed E-state index contributed by atoms with van der Waals surface area (Å²) in [4.78, 5) is 25.7. The van der Waals surface area contributed by atoms with Gasteiger partial charge in [-0.2, -0.15) is 0 Å². The number of nitrogens with one attached hydrogen (secondary N) is 1. The lowest BCUT2D eigenvalue weighted by atomic mass is 10.1. The van der Waals surface area contributed by atoms with Crippen molar-refractivity contribution in [2.75, 3.05) is 36.4 Å². The van der Waals surface area contributed by atoms with E-state index in [9.17, 15) is 4.79 Å². The second kappa shape index (κ2) is 8.31. The fourth-order valence-corrected chi connectivity index (χ4v) is 3.62. The van der Waals surface area contributed by atoms with E-state index in [0.29, 0.717) is 24.6 Å². The topological polar surface area (TPSA) is 61.4 Å². The number of rotatable bonds is 4. The molecule has 2 heterocycles. The number of hydrogen-bond acceptors (Lipinski definition) is 5. The first-order valence-electron chi connectivity index (χ1n) is 9.86. The molecule has 3 aromatic rings. The summed E-state index contributed by atoms with van der Waals surface area (Å²) in [5.41, 5.74) is 4.98.